The average molecular weight is 241 g/mol. The number of rotatable bonds is 1. The Hall–Kier alpha value is -1.56. The molecule has 3 nitrogen and oxygen atoms in total. The van der Waals surface area contributed by atoms with Gasteiger partial charge in [0.05, 0.1) is 17.4 Å². The zero-order valence-corrected chi connectivity index (χ0v) is 10.7. The molecule has 2 unspecified atom stereocenters. The molecule has 0 bridgehead atoms. The van der Waals surface area contributed by atoms with E-state index in [1.165, 1.54) is 38.5 Å². The first-order chi connectivity index (χ1) is 8.90. The molecule has 1 aliphatic carbocycles. The molecule has 0 radical (unpaired) electrons. The van der Waals surface area contributed by atoms with Crippen LogP contribution in [0.25, 0.3) is 0 Å². The highest BCUT2D eigenvalue weighted by Crippen LogP contribution is 2.38. The molecule has 0 aromatic carbocycles. The standard InChI is InChI=1S/C15H19N3/c16-10-13-7-8-17-11-15(13)18-9-3-5-12-4-1-2-6-14(12)18/h7-8,11-12,14H,1-6,9H2. The van der Waals surface area contributed by atoms with Gasteiger partial charge in [-0.05, 0) is 37.7 Å². The van der Waals surface area contributed by atoms with Crippen LogP contribution in [-0.2, 0) is 0 Å². The van der Waals surface area contributed by atoms with E-state index in [9.17, 15) is 5.26 Å². The third kappa shape index (κ3) is 1.96. The van der Waals surface area contributed by atoms with E-state index in [0.29, 0.717) is 6.04 Å². The molecule has 2 aliphatic rings. The molecule has 18 heavy (non-hydrogen) atoms. The molecule has 3 rings (SSSR count). The number of nitriles is 1. The summed E-state index contributed by atoms with van der Waals surface area (Å²) < 4.78 is 0. The fourth-order valence-electron chi connectivity index (χ4n) is 3.63. The Bertz CT molecular complexity index is 461. The van der Waals surface area contributed by atoms with Gasteiger partial charge in [-0.3, -0.25) is 4.98 Å². The Morgan fingerprint density at radius 2 is 2.06 bits per heavy atom. The second kappa shape index (κ2) is 4.97. The first kappa shape index (κ1) is 11.5. The maximum absolute atomic E-state index is 9.24. The zero-order chi connectivity index (χ0) is 12.4. The van der Waals surface area contributed by atoms with E-state index in [1.54, 1.807) is 6.20 Å². The molecular formula is C15H19N3. The van der Waals surface area contributed by atoms with Gasteiger partial charge < -0.3 is 4.90 Å². The van der Waals surface area contributed by atoms with E-state index in [4.69, 9.17) is 0 Å². The lowest BCUT2D eigenvalue weighted by Gasteiger charge is -2.45. The number of hydrogen-bond donors (Lipinski definition) is 0. The second-order valence-electron chi connectivity index (χ2n) is 5.45. The smallest absolute Gasteiger partial charge is 0.101 e. The van der Waals surface area contributed by atoms with Crippen molar-refractivity contribution in [3.63, 3.8) is 0 Å². The third-order valence-electron chi connectivity index (χ3n) is 4.47. The molecule has 2 fully saturated rings. The molecule has 1 saturated carbocycles. The van der Waals surface area contributed by atoms with Gasteiger partial charge in [0.1, 0.15) is 6.07 Å². The summed E-state index contributed by atoms with van der Waals surface area (Å²) in [5, 5.41) is 9.24. The molecule has 1 aliphatic heterocycles. The van der Waals surface area contributed by atoms with Crippen molar-refractivity contribution in [3.8, 4) is 6.07 Å². The fraction of sp³-hybridized carbons (Fsp3) is 0.600. The molecule has 94 valence electrons. The van der Waals surface area contributed by atoms with Gasteiger partial charge in [-0.15, -0.1) is 0 Å². The number of pyridine rings is 1. The minimum atomic E-state index is 0.642. The summed E-state index contributed by atoms with van der Waals surface area (Å²) >= 11 is 0. The number of piperidine rings is 1. The Labute approximate surface area is 108 Å². The number of aromatic nitrogens is 1. The van der Waals surface area contributed by atoms with Crippen molar-refractivity contribution < 1.29 is 0 Å². The van der Waals surface area contributed by atoms with Crippen molar-refractivity contribution in [3.05, 3.63) is 24.0 Å². The van der Waals surface area contributed by atoms with E-state index in [1.807, 2.05) is 12.3 Å². The molecule has 0 N–H and O–H groups in total. The molecule has 0 spiro atoms. The number of anilines is 1. The Kier molecular flexibility index (Phi) is 3.19. The topological polar surface area (TPSA) is 39.9 Å². The second-order valence-corrected chi connectivity index (χ2v) is 5.45. The van der Waals surface area contributed by atoms with Crippen LogP contribution < -0.4 is 4.90 Å². The van der Waals surface area contributed by atoms with Crippen molar-refractivity contribution >= 4 is 5.69 Å². The van der Waals surface area contributed by atoms with Crippen LogP contribution in [0.15, 0.2) is 18.5 Å². The summed E-state index contributed by atoms with van der Waals surface area (Å²) in [4.78, 5) is 6.67. The molecule has 2 atom stereocenters. The molecule has 1 saturated heterocycles. The van der Waals surface area contributed by atoms with Gasteiger partial charge in [-0.25, -0.2) is 0 Å². The summed E-state index contributed by atoms with van der Waals surface area (Å²) in [6, 6.07) is 4.78. The van der Waals surface area contributed by atoms with Crippen LogP contribution in [0.1, 0.15) is 44.1 Å². The maximum Gasteiger partial charge on any atom is 0.101 e. The monoisotopic (exact) mass is 241 g/mol. The number of fused-ring (bicyclic) bond motifs is 1. The Morgan fingerprint density at radius 3 is 2.94 bits per heavy atom. The lowest BCUT2D eigenvalue weighted by Crippen LogP contribution is -2.47. The highest BCUT2D eigenvalue weighted by Gasteiger charge is 2.34. The molecule has 1 aromatic rings. The third-order valence-corrected chi connectivity index (χ3v) is 4.47. The van der Waals surface area contributed by atoms with Crippen molar-refractivity contribution in [2.75, 3.05) is 11.4 Å². The van der Waals surface area contributed by atoms with Gasteiger partial charge in [-0.2, -0.15) is 5.26 Å². The zero-order valence-electron chi connectivity index (χ0n) is 10.7. The minimum absolute atomic E-state index is 0.642. The summed E-state index contributed by atoms with van der Waals surface area (Å²) in [5.74, 6) is 0.833. The van der Waals surface area contributed by atoms with Crippen LogP contribution in [0.4, 0.5) is 5.69 Å². The van der Waals surface area contributed by atoms with Gasteiger partial charge in [0.2, 0.25) is 0 Å². The Balaban J connectivity index is 1.92. The maximum atomic E-state index is 9.24. The highest BCUT2D eigenvalue weighted by atomic mass is 15.2. The Morgan fingerprint density at radius 1 is 1.22 bits per heavy atom. The summed E-state index contributed by atoms with van der Waals surface area (Å²) in [5.41, 5.74) is 1.83. The predicted octanol–water partition coefficient (Wildman–Crippen LogP) is 3.11. The van der Waals surface area contributed by atoms with Crippen LogP contribution in [0.2, 0.25) is 0 Å². The average Bonchev–Trinajstić information content (AvgIpc) is 2.46. The summed E-state index contributed by atoms with van der Waals surface area (Å²) in [7, 11) is 0. The quantitative estimate of drug-likeness (QED) is 0.758. The fourth-order valence-corrected chi connectivity index (χ4v) is 3.63. The molecule has 1 aromatic heterocycles. The van der Waals surface area contributed by atoms with Crippen LogP contribution in [-0.4, -0.2) is 17.6 Å². The minimum Gasteiger partial charge on any atom is -0.366 e. The normalized spacial score (nSPS) is 27.4. The van der Waals surface area contributed by atoms with E-state index in [-0.39, 0.29) is 0 Å². The van der Waals surface area contributed by atoms with Crippen molar-refractivity contribution in [1.82, 2.24) is 4.98 Å². The van der Waals surface area contributed by atoms with Gasteiger partial charge in [0, 0.05) is 18.8 Å². The SMILES string of the molecule is N#Cc1ccncc1N1CCCC2CCCCC21. The molecule has 3 heteroatoms. The van der Waals surface area contributed by atoms with Gasteiger partial charge in [0.25, 0.3) is 0 Å². The van der Waals surface area contributed by atoms with Crippen molar-refractivity contribution in [2.45, 2.75) is 44.6 Å². The summed E-state index contributed by atoms with van der Waals surface area (Å²) in [6.45, 7) is 1.08. The molecule has 0 amide bonds. The molecule has 2 heterocycles. The van der Waals surface area contributed by atoms with E-state index in [0.717, 1.165) is 23.7 Å². The van der Waals surface area contributed by atoms with Crippen molar-refractivity contribution in [1.29, 1.82) is 5.26 Å². The predicted molar refractivity (Wildman–Crippen MR) is 71.3 cm³/mol. The van der Waals surface area contributed by atoms with Crippen LogP contribution in [0.5, 0.6) is 0 Å². The van der Waals surface area contributed by atoms with E-state index < -0.39 is 0 Å². The van der Waals surface area contributed by atoms with Gasteiger partial charge in [0.15, 0.2) is 0 Å². The summed E-state index contributed by atoms with van der Waals surface area (Å²) in [6.07, 6.45) is 11.6. The van der Waals surface area contributed by atoms with E-state index in [2.05, 4.69) is 16.0 Å². The number of hydrogen-bond acceptors (Lipinski definition) is 3. The van der Waals surface area contributed by atoms with Gasteiger partial charge >= 0.3 is 0 Å². The largest absolute Gasteiger partial charge is 0.366 e. The van der Waals surface area contributed by atoms with Crippen LogP contribution in [0.3, 0.4) is 0 Å². The van der Waals surface area contributed by atoms with E-state index >= 15 is 0 Å². The molecular weight excluding hydrogens is 222 g/mol. The van der Waals surface area contributed by atoms with Crippen LogP contribution >= 0.6 is 0 Å². The van der Waals surface area contributed by atoms with Crippen LogP contribution in [0, 0.1) is 17.2 Å². The van der Waals surface area contributed by atoms with Gasteiger partial charge in [-0.1, -0.05) is 12.8 Å². The number of nitrogens with zero attached hydrogens (tertiary/aromatic N) is 3. The first-order valence-corrected chi connectivity index (χ1v) is 7.01. The lowest BCUT2D eigenvalue weighted by atomic mass is 9.78. The lowest BCUT2D eigenvalue weighted by molar-refractivity contribution is 0.243. The van der Waals surface area contributed by atoms with Crippen molar-refractivity contribution in [2.24, 2.45) is 5.92 Å². The first-order valence-electron chi connectivity index (χ1n) is 7.01. The highest BCUT2D eigenvalue weighted by molar-refractivity contribution is 5.58.